The molecule has 0 aliphatic carbocycles. The molecule has 0 saturated carbocycles. The summed E-state index contributed by atoms with van der Waals surface area (Å²) in [6.07, 6.45) is 2.14. The molecule has 3 rings (SSSR count). The summed E-state index contributed by atoms with van der Waals surface area (Å²) in [5.74, 6) is -2.21. The molecule has 1 fully saturated rings. The van der Waals surface area contributed by atoms with Crippen molar-refractivity contribution in [2.45, 2.75) is 18.8 Å². The zero-order valence-corrected chi connectivity index (χ0v) is 10.4. The molecule has 7 heteroatoms. The maximum Gasteiger partial charge on any atom is 0.337 e. The number of carboxylic acids is 1. The fraction of sp³-hybridized carbons (Fsp3) is 0.231. The quantitative estimate of drug-likeness (QED) is 0.778. The minimum Gasteiger partial charge on any atom is -0.478 e. The molecule has 1 saturated heterocycles. The number of nitrogens with one attached hydrogen (secondary N) is 1. The van der Waals surface area contributed by atoms with Crippen molar-refractivity contribution in [3.8, 4) is 0 Å². The van der Waals surface area contributed by atoms with Gasteiger partial charge in [-0.15, -0.1) is 0 Å². The highest BCUT2D eigenvalue weighted by Gasteiger charge is 2.30. The third-order valence-corrected chi connectivity index (χ3v) is 3.41. The molecule has 2 amide bonds. The lowest BCUT2D eigenvalue weighted by atomic mass is 9.94. The predicted octanol–water partition coefficient (Wildman–Crippen LogP) is 0.553. The van der Waals surface area contributed by atoms with Gasteiger partial charge in [0.2, 0.25) is 11.8 Å². The lowest BCUT2D eigenvalue weighted by Crippen LogP contribution is -2.40. The Kier molecular flexibility index (Phi) is 2.74. The summed E-state index contributed by atoms with van der Waals surface area (Å²) in [4.78, 5) is 34.2. The van der Waals surface area contributed by atoms with Crippen LogP contribution >= 0.6 is 0 Å². The van der Waals surface area contributed by atoms with Gasteiger partial charge in [0, 0.05) is 6.42 Å². The number of hydrogen-bond donors (Lipinski definition) is 2. The van der Waals surface area contributed by atoms with Crippen LogP contribution in [0.4, 0.5) is 0 Å². The van der Waals surface area contributed by atoms with Crippen molar-refractivity contribution in [1.29, 1.82) is 0 Å². The molecule has 2 aromatic heterocycles. The molecular formula is C13H11N3O4. The van der Waals surface area contributed by atoms with Crippen molar-refractivity contribution in [2.24, 2.45) is 0 Å². The fourth-order valence-corrected chi connectivity index (χ4v) is 2.46. The summed E-state index contributed by atoms with van der Waals surface area (Å²) in [5, 5.41) is 15.5. The smallest absolute Gasteiger partial charge is 0.337 e. The minimum absolute atomic E-state index is 0.124. The molecule has 1 aliphatic heterocycles. The van der Waals surface area contributed by atoms with E-state index >= 15 is 0 Å². The molecular weight excluding hydrogens is 262 g/mol. The third-order valence-electron chi connectivity index (χ3n) is 3.41. The van der Waals surface area contributed by atoms with Crippen LogP contribution in [0.5, 0.6) is 0 Å². The fourth-order valence-electron chi connectivity index (χ4n) is 2.46. The van der Waals surface area contributed by atoms with Gasteiger partial charge >= 0.3 is 5.97 Å². The molecule has 0 radical (unpaired) electrons. The molecule has 1 atom stereocenters. The molecule has 1 aliphatic rings. The number of carboxylic acid groups (broad SMARTS) is 1. The summed E-state index contributed by atoms with van der Waals surface area (Å²) in [6.45, 7) is 0. The monoisotopic (exact) mass is 273 g/mol. The molecule has 102 valence electrons. The van der Waals surface area contributed by atoms with Crippen LogP contribution in [0.25, 0.3) is 5.52 Å². The number of nitrogens with zero attached hydrogens (tertiary/aromatic N) is 2. The number of carbonyl (C=O) groups excluding carboxylic acids is 2. The van der Waals surface area contributed by atoms with Crippen LogP contribution in [0.3, 0.4) is 0 Å². The second-order valence-corrected chi connectivity index (χ2v) is 4.61. The zero-order chi connectivity index (χ0) is 14.3. The van der Waals surface area contributed by atoms with Gasteiger partial charge in [0.25, 0.3) is 0 Å². The number of piperidine rings is 1. The maximum absolute atomic E-state index is 11.9. The van der Waals surface area contributed by atoms with E-state index in [0.717, 1.165) is 0 Å². The Hall–Kier alpha value is -2.70. The zero-order valence-electron chi connectivity index (χ0n) is 10.4. The van der Waals surface area contributed by atoms with Crippen LogP contribution < -0.4 is 5.32 Å². The first-order valence-corrected chi connectivity index (χ1v) is 6.11. The molecule has 0 bridgehead atoms. The van der Waals surface area contributed by atoms with E-state index in [4.69, 9.17) is 5.11 Å². The number of carbonyl (C=O) groups is 3. The summed E-state index contributed by atoms with van der Waals surface area (Å²) < 4.78 is 1.45. The second-order valence-electron chi connectivity index (χ2n) is 4.61. The van der Waals surface area contributed by atoms with Gasteiger partial charge in [-0.3, -0.25) is 14.9 Å². The molecule has 7 nitrogen and oxygen atoms in total. The molecule has 0 spiro atoms. The van der Waals surface area contributed by atoms with Crippen LogP contribution in [-0.4, -0.2) is 32.5 Å². The normalized spacial score (nSPS) is 19.1. The van der Waals surface area contributed by atoms with Crippen molar-refractivity contribution >= 4 is 23.3 Å². The van der Waals surface area contributed by atoms with Gasteiger partial charge < -0.3 is 5.11 Å². The number of aromatic nitrogens is 2. The summed E-state index contributed by atoms with van der Waals surface area (Å²) in [5.41, 5.74) is 1.14. The van der Waals surface area contributed by atoms with E-state index in [1.165, 1.54) is 16.8 Å². The van der Waals surface area contributed by atoms with Crippen molar-refractivity contribution in [1.82, 2.24) is 14.9 Å². The highest BCUT2D eigenvalue weighted by molar-refractivity contribution is 6.01. The predicted molar refractivity (Wildman–Crippen MR) is 67.3 cm³/mol. The van der Waals surface area contributed by atoms with Gasteiger partial charge in [0.1, 0.15) is 0 Å². The van der Waals surface area contributed by atoms with E-state index in [-0.39, 0.29) is 23.8 Å². The highest BCUT2D eigenvalue weighted by Crippen LogP contribution is 2.26. The van der Waals surface area contributed by atoms with Gasteiger partial charge in [-0.2, -0.15) is 5.10 Å². The van der Waals surface area contributed by atoms with Gasteiger partial charge in [-0.05, 0) is 24.6 Å². The van der Waals surface area contributed by atoms with E-state index in [2.05, 4.69) is 10.4 Å². The average Bonchev–Trinajstić information content (AvgIpc) is 2.87. The van der Waals surface area contributed by atoms with Crippen molar-refractivity contribution in [2.75, 3.05) is 0 Å². The molecule has 2 aromatic rings. The first kappa shape index (κ1) is 12.3. The highest BCUT2D eigenvalue weighted by atomic mass is 16.4. The molecule has 0 aromatic carbocycles. The van der Waals surface area contributed by atoms with E-state index < -0.39 is 11.9 Å². The number of pyridine rings is 1. The van der Waals surface area contributed by atoms with E-state index in [0.29, 0.717) is 17.6 Å². The largest absolute Gasteiger partial charge is 0.478 e. The number of imide groups is 1. The van der Waals surface area contributed by atoms with Gasteiger partial charge in [-0.25, -0.2) is 9.31 Å². The SMILES string of the molecule is O=C1CCC(c2ccc(C(=O)O)c3ccnn23)C(=O)N1. The topological polar surface area (TPSA) is 101 Å². The van der Waals surface area contributed by atoms with Crippen LogP contribution in [-0.2, 0) is 9.59 Å². The number of fused-ring (bicyclic) bond motifs is 1. The Morgan fingerprint density at radius 1 is 1.35 bits per heavy atom. The second kappa shape index (κ2) is 4.44. The number of aromatic carboxylic acids is 1. The van der Waals surface area contributed by atoms with Crippen LogP contribution in [0, 0.1) is 0 Å². The molecule has 1 unspecified atom stereocenters. The average molecular weight is 273 g/mol. The summed E-state index contributed by atoms with van der Waals surface area (Å²) in [7, 11) is 0. The molecule has 2 N–H and O–H groups in total. The summed E-state index contributed by atoms with van der Waals surface area (Å²) >= 11 is 0. The first-order chi connectivity index (χ1) is 9.58. The van der Waals surface area contributed by atoms with Crippen LogP contribution in [0.1, 0.15) is 34.8 Å². The van der Waals surface area contributed by atoms with Crippen LogP contribution in [0.2, 0.25) is 0 Å². The number of rotatable bonds is 2. The van der Waals surface area contributed by atoms with E-state index in [1.54, 1.807) is 12.1 Å². The lowest BCUT2D eigenvalue weighted by Gasteiger charge is -2.21. The Morgan fingerprint density at radius 2 is 2.15 bits per heavy atom. The molecule has 3 heterocycles. The maximum atomic E-state index is 11.9. The van der Waals surface area contributed by atoms with Gasteiger partial charge in [0.05, 0.1) is 28.9 Å². The standard InChI is InChI=1S/C13H11N3O4/c17-11-4-2-7(12(18)15-11)9-3-1-8(13(19)20)10-5-6-14-16(9)10/h1,3,5-7H,2,4H2,(H,19,20)(H,15,17,18). The minimum atomic E-state index is -1.05. The van der Waals surface area contributed by atoms with Crippen molar-refractivity contribution in [3.05, 3.63) is 35.7 Å². The van der Waals surface area contributed by atoms with Crippen LogP contribution in [0.15, 0.2) is 24.4 Å². The number of hydrogen-bond acceptors (Lipinski definition) is 4. The Morgan fingerprint density at radius 3 is 2.85 bits per heavy atom. The Balaban J connectivity index is 2.11. The van der Waals surface area contributed by atoms with Crippen molar-refractivity contribution in [3.63, 3.8) is 0 Å². The Bertz CT molecular complexity index is 734. The van der Waals surface area contributed by atoms with E-state index in [1.807, 2.05) is 0 Å². The van der Waals surface area contributed by atoms with E-state index in [9.17, 15) is 14.4 Å². The number of amides is 2. The first-order valence-electron chi connectivity index (χ1n) is 6.11. The van der Waals surface area contributed by atoms with Gasteiger partial charge in [-0.1, -0.05) is 0 Å². The summed E-state index contributed by atoms with van der Waals surface area (Å²) in [6, 6.07) is 4.61. The molecule has 20 heavy (non-hydrogen) atoms. The third kappa shape index (κ3) is 1.83. The van der Waals surface area contributed by atoms with Crippen molar-refractivity contribution < 1.29 is 19.5 Å². The Labute approximate surface area is 113 Å². The lowest BCUT2D eigenvalue weighted by molar-refractivity contribution is -0.134. The van der Waals surface area contributed by atoms with Gasteiger partial charge in [0.15, 0.2) is 0 Å².